The molecule has 1 saturated carbocycles. The Bertz CT molecular complexity index is 556. The normalized spacial score (nSPS) is 14.8. The van der Waals surface area contributed by atoms with E-state index in [0.29, 0.717) is 17.3 Å². The highest BCUT2D eigenvalue weighted by molar-refractivity contribution is 5.58. The van der Waals surface area contributed by atoms with E-state index in [1.807, 2.05) is 0 Å². The lowest BCUT2D eigenvalue weighted by atomic mass is 10.1. The van der Waals surface area contributed by atoms with Gasteiger partial charge in [0.2, 0.25) is 0 Å². The second-order valence-electron chi connectivity index (χ2n) is 4.88. The number of aromatic nitrogens is 2. The summed E-state index contributed by atoms with van der Waals surface area (Å²) < 4.78 is 26.3. The molecule has 0 atom stereocenters. The van der Waals surface area contributed by atoms with Gasteiger partial charge in [0.05, 0.1) is 11.9 Å². The second-order valence-corrected chi connectivity index (χ2v) is 4.88. The molecule has 0 radical (unpaired) electrons. The molecular weight excluding hydrogens is 248 g/mol. The van der Waals surface area contributed by atoms with E-state index >= 15 is 0 Å². The van der Waals surface area contributed by atoms with E-state index in [-0.39, 0.29) is 0 Å². The van der Waals surface area contributed by atoms with Crippen molar-refractivity contribution in [3.8, 4) is 11.3 Å². The molecule has 0 aliphatic heterocycles. The van der Waals surface area contributed by atoms with Gasteiger partial charge in [-0.1, -0.05) is 0 Å². The topological polar surface area (TPSA) is 40.7 Å². The molecule has 0 saturated heterocycles. The molecule has 0 unspecified atom stereocenters. The Morgan fingerprint density at radius 2 is 1.95 bits per heavy atom. The first kappa shape index (κ1) is 12.3. The Balaban J connectivity index is 1.68. The maximum absolute atomic E-state index is 13.1. The first-order valence-electron chi connectivity index (χ1n) is 6.44. The van der Waals surface area contributed by atoms with Crippen molar-refractivity contribution in [3.63, 3.8) is 0 Å². The molecule has 1 heterocycles. The van der Waals surface area contributed by atoms with Crippen molar-refractivity contribution < 1.29 is 8.78 Å². The van der Waals surface area contributed by atoms with Crippen LogP contribution >= 0.6 is 0 Å². The number of benzene rings is 1. The maximum atomic E-state index is 13.1. The molecule has 3 rings (SSSR count). The van der Waals surface area contributed by atoms with Crippen molar-refractivity contribution in [1.82, 2.24) is 15.3 Å². The highest BCUT2D eigenvalue weighted by Crippen LogP contribution is 2.20. The molecule has 1 aliphatic carbocycles. The van der Waals surface area contributed by atoms with Crippen molar-refractivity contribution in [2.45, 2.75) is 25.3 Å². The Kier molecular flexibility index (Phi) is 3.29. The van der Waals surface area contributed by atoms with Crippen LogP contribution in [0.2, 0.25) is 0 Å². The lowest BCUT2D eigenvalue weighted by Gasteiger charge is -2.00. The molecule has 1 aromatic heterocycles. The SMILES string of the molecule is Fc1cc(F)cc(-c2cnc(CCNC3CC3)[nH]2)c1. The third-order valence-electron chi connectivity index (χ3n) is 3.17. The number of nitrogens with one attached hydrogen (secondary N) is 2. The Labute approximate surface area is 110 Å². The summed E-state index contributed by atoms with van der Waals surface area (Å²) in [5, 5.41) is 3.39. The van der Waals surface area contributed by atoms with E-state index in [9.17, 15) is 8.78 Å². The van der Waals surface area contributed by atoms with Crippen molar-refractivity contribution >= 4 is 0 Å². The molecule has 5 heteroatoms. The van der Waals surface area contributed by atoms with Crippen LogP contribution in [-0.2, 0) is 6.42 Å². The summed E-state index contributed by atoms with van der Waals surface area (Å²) >= 11 is 0. The molecule has 2 aromatic rings. The van der Waals surface area contributed by atoms with Gasteiger partial charge in [0.15, 0.2) is 0 Å². The molecule has 0 spiro atoms. The minimum Gasteiger partial charge on any atom is -0.342 e. The fraction of sp³-hybridized carbons (Fsp3) is 0.357. The fourth-order valence-electron chi connectivity index (χ4n) is 2.03. The molecule has 100 valence electrons. The maximum Gasteiger partial charge on any atom is 0.126 e. The number of hydrogen-bond acceptors (Lipinski definition) is 2. The Morgan fingerprint density at radius 3 is 2.63 bits per heavy atom. The zero-order valence-corrected chi connectivity index (χ0v) is 10.4. The van der Waals surface area contributed by atoms with E-state index in [1.165, 1.54) is 25.0 Å². The van der Waals surface area contributed by atoms with Crippen LogP contribution in [-0.4, -0.2) is 22.6 Å². The summed E-state index contributed by atoms with van der Waals surface area (Å²) in [4.78, 5) is 7.32. The van der Waals surface area contributed by atoms with Crippen molar-refractivity contribution in [2.24, 2.45) is 0 Å². The number of nitrogens with zero attached hydrogens (tertiary/aromatic N) is 1. The zero-order valence-electron chi connectivity index (χ0n) is 10.4. The van der Waals surface area contributed by atoms with Crippen LogP contribution in [0.5, 0.6) is 0 Å². The first-order chi connectivity index (χ1) is 9.20. The smallest absolute Gasteiger partial charge is 0.126 e. The summed E-state index contributed by atoms with van der Waals surface area (Å²) in [6.07, 6.45) is 4.91. The zero-order chi connectivity index (χ0) is 13.2. The first-order valence-corrected chi connectivity index (χ1v) is 6.44. The molecule has 1 fully saturated rings. The predicted molar refractivity (Wildman–Crippen MR) is 68.7 cm³/mol. The van der Waals surface area contributed by atoms with Crippen LogP contribution in [0.4, 0.5) is 8.78 Å². The van der Waals surface area contributed by atoms with Gasteiger partial charge in [0.1, 0.15) is 17.5 Å². The number of hydrogen-bond donors (Lipinski definition) is 2. The van der Waals surface area contributed by atoms with E-state index in [2.05, 4.69) is 15.3 Å². The number of halogens is 2. The largest absolute Gasteiger partial charge is 0.342 e. The lowest BCUT2D eigenvalue weighted by Crippen LogP contribution is -2.19. The summed E-state index contributed by atoms with van der Waals surface area (Å²) in [6, 6.07) is 4.12. The van der Waals surface area contributed by atoms with Gasteiger partial charge >= 0.3 is 0 Å². The Morgan fingerprint density at radius 1 is 1.21 bits per heavy atom. The van der Waals surface area contributed by atoms with Crippen LogP contribution in [0.3, 0.4) is 0 Å². The van der Waals surface area contributed by atoms with Gasteiger partial charge in [0.25, 0.3) is 0 Å². The van der Waals surface area contributed by atoms with E-state index in [1.54, 1.807) is 6.20 Å². The number of aromatic amines is 1. The average Bonchev–Trinajstić information content (AvgIpc) is 3.04. The van der Waals surface area contributed by atoms with E-state index in [4.69, 9.17) is 0 Å². The van der Waals surface area contributed by atoms with E-state index in [0.717, 1.165) is 24.9 Å². The minimum atomic E-state index is -0.582. The van der Waals surface area contributed by atoms with Crippen LogP contribution in [0.1, 0.15) is 18.7 Å². The quantitative estimate of drug-likeness (QED) is 0.870. The number of imidazole rings is 1. The molecule has 1 aliphatic rings. The summed E-state index contributed by atoms with van der Waals surface area (Å²) in [6.45, 7) is 0.870. The monoisotopic (exact) mass is 263 g/mol. The summed E-state index contributed by atoms with van der Waals surface area (Å²) in [5.74, 6) is -0.337. The molecule has 0 bridgehead atoms. The second kappa shape index (κ2) is 5.09. The fourth-order valence-corrected chi connectivity index (χ4v) is 2.03. The average molecular weight is 263 g/mol. The predicted octanol–water partition coefficient (Wildman–Crippen LogP) is 2.65. The summed E-state index contributed by atoms with van der Waals surface area (Å²) in [5.41, 5.74) is 1.12. The minimum absolute atomic E-state index is 0.478. The van der Waals surface area contributed by atoms with Crippen LogP contribution in [0.25, 0.3) is 11.3 Å². The number of rotatable bonds is 5. The third-order valence-corrected chi connectivity index (χ3v) is 3.17. The van der Waals surface area contributed by atoms with Crippen LogP contribution in [0, 0.1) is 11.6 Å². The Hall–Kier alpha value is -1.75. The van der Waals surface area contributed by atoms with Crippen molar-refractivity contribution in [1.29, 1.82) is 0 Å². The summed E-state index contributed by atoms with van der Waals surface area (Å²) in [7, 11) is 0. The van der Waals surface area contributed by atoms with Gasteiger partial charge in [-0.2, -0.15) is 0 Å². The molecule has 2 N–H and O–H groups in total. The van der Waals surface area contributed by atoms with Gasteiger partial charge in [-0.15, -0.1) is 0 Å². The highest BCUT2D eigenvalue weighted by Gasteiger charge is 2.19. The molecule has 1 aromatic carbocycles. The van der Waals surface area contributed by atoms with Gasteiger partial charge in [-0.25, -0.2) is 13.8 Å². The van der Waals surface area contributed by atoms with Gasteiger partial charge in [0, 0.05) is 30.6 Å². The van der Waals surface area contributed by atoms with Gasteiger partial charge in [-0.05, 0) is 25.0 Å². The highest BCUT2D eigenvalue weighted by atomic mass is 19.1. The van der Waals surface area contributed by atoms with Gasteiger partial charge in [-0.3, -0.25) is 0 Å². The molecular formula is C14H15F2N3. The third kappa shape index (κ3) is 3.17. The molecule has 0 amide bonds. The van der Waals surface area contributed by atoms with Crippen LogP contribution in [0.15, 0.2) is 24.4 Å². The van der Waals surface area contributed by atoms with E-state index < -0.39 is 11.6 Å². The standard InChI is InChI=1S/C14H15F2N3/c15-10-5-9(6-11(16)7-10)13-8-18-14(19-13)3-4-17-12-1-2-12/h5-8,12,17H,1-4H2,(H,18,19). The number of H-pyrrole nitrogens is 1. The molecule has 19 heavy (non-hydrogen) atoms. The molecule has 3 nitrogen and oxygen atoms in total. The lowest BCUT2D eigenvalue weighted by molar-refractivity contribution is 0.584. The van der Waals surface area contributed by atoms with Crippen LogP contribution < -0.4 is 5.32 Å². The van der Waals surface area contributed by atoms with Gasteiger partial charge < -0.3 is 10.3 Å². The van der Waals surface area contributed by atoms with Crippen molar-refractivity contribution in [3.05, 3.63) is 41.9 Å². The van der Waals surface area contributed by atoms with Crippen molar-refractivity contribution in [2.75, 3.05) is 6.54 Å².